The number of nitrogens with one attached hydrogen (secondary N) is 1. The van der Waals surface area contributed by atoms with Crippen molar-refractivity contribution in [1.29, 1.82) is 0 Å². The van der Waals surface area contributed by atoms with Crippen molar-refractivity contribution in [3.63, 3.8) is 0 Å². The van der Waals surface area contributed by atoms with Gasteiger partial charge in [0.1, 0.15) is 0 Å². The maximum absolute atomic E-state index is 11.7. The molecule has 1 unspecified atom stereocenters. The van der Waals surface area contributed by atoms with E-state index in [1.165, 1.54) is 24.1 Å². The van der Waals surface area contributed by atoms with Crippen LogP contribution in [0, 0.1) is 11.8 Å². The average molecular weight is 207 g/mol. The van der Waals surface area contributed by atoms with Crippen molar-refractivity contribution in [1.82, 2.24) is 9.89 Å². The predicted octanol–water partition coefficient (Wildman–Crippen LogP) is 1.78. The molecule has 4 heteroatoms. The van der Waals surface area contributed by atoms with Crippen molar-refractivity contribution in [3.05, 3.63) is 18.5 Å². The zero-order chi connectivity index (χ0) is 10.7. The maximum Gasteiger partial charge on any atom is 0.242 e. The van der Waals surface area contributed by atoms with Crippen LogP contribution in [0.4, 0.5) is 0 Å². The summed E-state index contributed by atoms with van der Waals surface area (Å²) in [5.74, 6) is 0.911. The Bertz CT molecular complexity index is 317. The summed E-state index contributed by atoms with van der Waals surface area (Å²) < 4.78 is 0. The minimum absolute atomic E-state index is 0.0607. The first-order chi connectivity index (χ1) is 7.25. The van der Waals surface area contributed by atoms with Crippen LogP contribution in [0.2, 0.25) is 0 Å². The number of carbonyl (C=O) groups excluding carboxylic acids is 1. The van der Waals surface area contributed by atoms with E-state index in [0.717, 1.165) is 12.3 Å². The molecule has 0 spiro atoms. The summed E-state index contributed by atoms with van der Waals surface area (Å²) in [4.78, 5) is 13.2. The Balaban J connectivity index is 1.79. The number of hydrogen-bond acceptors (Lipinski definition) is 2. The molecule has 2 rings (SSSR count). The van der Waals surface area contributed by atoms with Gasteiger partial charge in [-0.15, -0.1) is 0 Å². The van der Waals surface area contributed by atoms with Crippen molar-refractivity contribution in [2.75, 3.05) is 5.43 Å². The Morgan fingerprint density at radius 3 is 3.00 bits per heavy atom. The predicted molar refractivity (Wildman–Crippen MR) is 57.7 cm³/mol. The lowest BCUT2D eigenvalue weighted by atomic mass is 9.79. The molecule has 1 saturated carbocycles. The molecule has 0 radical (unpaired) electrons. The molecule has 0 aromatic carbocycles. The van der Waals surface area contributed by atoms with Gasteiger partial charge in [-0.05, 0) is 18.4 Å². The first-order valence-electron chi connectivity index (χ1n) is 5.56. The molecule has 1 amide bonds. The third-order valence-corrected chi connectivity index (χ3v) is 3.09. The lowest BCUT2D eigenvalue weighted by molar-refractivity contribution is -0.121. The third-order valence-electron chi connectivity index (χ3n) is 3.09. The van der Waals surface area contributed by atoms with Gasteiger partial charge in [-0.3, -0.25) is 4.79 Å². The van der Waals surface area contributed by atoms with Crippen LogP contribution in [0.1, 0.15) is 32.6 Å². The highest BCUT2D eigenvalue weighted by molar-refractivity contribution is 5.85. The Labute approximate surface area is 89.6 Å². The Kier molecular flexibility index (Phi) is 3.04. The monoisotopic (exact) mass is 207 g/mol. The first kappa shape index (κ1) is 10.2. The summed E-state index contributed by atoms with van der Waals surface area (Å²) >= 11 is 0. The standard InChI is InChI=1S/C11H17N3O/c1-9(8-10-4-2-5-10)11(15)13-14-7-3-6-12-14/h3,6-7,9-10H,2,4-5,8H2,1H3,(H,13,15). The van der Waals surface area contributed by atoms with E-state index in [0.29, 0.717) is 0 Å². The Morgan fingerprint density at radius 2 is 2.47 bits per heavy atom. The van der Waals surface area contributed by atoms with Gasteiger partial charge in [0.2, 0.25) is 5.91 Å². The van der Waals surface area contributed by atoms with Gasteiger partial charge in [0.25, 0.3) is 0 Å². The molecular formula is C11H17N3O. The summed E-state index contributed by atoms with van der Waals surface area (Å²) in [6, 6.07) is 1.79. The SMILES string of the molecule is CC(CC1CCC1)C(=O)Nn1cccn1. The molecule has 4 nitrogen and oxygen atoms in total. The van der Waals surface area contributed by atoms with E-state index < -0.39 is 0 Å². The van der Waals surface area contributed by atoms with Crippen LogP contribution in [0.25, 0.3) is 0 Å². The van der Waals surface area contributed by atoms with Crippen LogP contribution in [0.15, 0.2) is 18.5 Å². The summed E-state index contributed by atoms with van der Waals surface area (Å²) in [6.45, 7) is 1.98. The highest BCUT2D eigenvalue weighted by Gasteiger charge is 2.23. The van der Waals surface area contributed by atoms with Crippen molar-refractivity contribution in [2.45, 2.75) is 32.6 Å². The minimum Gasteiger partial charge on any atom is -0.273 e. The molecule has 1 heterocycles. The van der Waals surface area contributed by atoms with E-state index in [1.807, 2.05) is 6.92 Å². The lowest BCUT2D eigenvalue weighted by Crippen LogP contribution is -2.30. The van der Waals surface area contributed by atoms with Gasteiger partial charge in [-0.2, -0.15) is 9.89 Å². The second-order valence-corrected chi connectivity index (χ2v) is 4.36. The number of amides is 1. The van der Waals surface area contributed by atoms with Crippen molar-refractivity contribution in [2.24, 2.45) is 11.8 Å². The number of hydrogen-bond donors (Lipinski definition) is 1. The summed E-state index contributed by atoms with van der Waals surface area (Å²) in [5, 5.41) is 3.94. The summed E-state index contributed by atoms with van der Waals surface area (Å²) in [7, 11) is 0. The fourth-order valence-electron chi connectivity index (χ4n) is 1.89. The van der Waals surface area contributed by atoms with Crippen LogP contribution in [0.3, 0.4) is 0 Å². The number of rotatable bonds is 4. The molecule has 1 atom stereocenters. The normalized spacial score (nSPS) is 18.2. The molecular weight excluding hydrogens is 190 g/mol. The van der Waals surface area contributed by atoms with Gasteiger partial charge in [-0.25, -0.2) is 5.43 Å². The molecule has 0 bridgehead atoms. The molecule has 1 aromatic rings. The molecule has 1 aliphatic carbocycles. The maximum atomic E-state index is 11.7. The van der Waals surface area contributed by atoms with Gasteiger partial charge < -0.3 is 0 Å². The smallest absolute Gasteiger partial charge is 0.242 e. The van der Waals surface area contributed by atoms with Gasteiger partial charge in [0.05, 0.1) is 6.20 Å². The summed E-state index contributed by atoms with van der Waals surface area (Å²) in [5.41, 5.74) is 2.74. The molecule has 0 saturated heterocycles. The van der Waals surface area contributed by atoms with E-state index in [9.17, 15) is 4.79 Å². The molecule has 82 valence electrons. The van der Waals surface area contributed by atoms with Gasteiger partial charge in [0, 0.05) is 12.1 Å². The van der Waals surface area contributed by atoms with Crippen molar-refractivity contribution >= 4 is 5.91 Å². The van der Waals surface area contributed by atoms with E-state index in [2.05, 4.69) is 10.5 Å². The van der Waals surface area contributed by atoms with Crippen LogP contribution >= 0.6 is 0 Å². The number of nitrogens with zero attached hydrogens (tertiary/aromatic N) is 2. The fraction of sp³-hybridized carbons (Fsp3) is 0.636. The molecule has 1 fully saturated rings. The quantitative estimate of drug-likeness (QED) is 0.818. The van der Waals surface area contributed by atoms with Gasteiger partial charge in [-0.1, -0.05) is 26.2 Å². The zero-order valence-corrected chi connectivity index (χ0v) is 9.02. The Hall–Kier alpha value is -1.32. The minimum atomic E-state index is 0.0607. The molecule has 15 heavy (non-hydrogen) atoms. The molecule has 1 N–H and O–H groups in total. The zero-order valence-electron chi connectivity index (χ0n) is 9.02. The highest BCUT2D eigenvalue weighted by atomic mass is 16.2. The second-order valence-electron chi connectivity index (χ2n) is 4.36. The molecule has 1 aromatic heterocycles. The van der Waals surface area contributed by atoms with Crippen molar-refractivity contribution < 1.29 is 4.79 Å². The first-order valence-corrected chi connectivity index (χ1v) is 5.56. The highest BCUT2D eigenvalue weighted by Crippen LogP contribution is 2.32. The van der Waals surface area contributed by atoms with Crippen LogP contribution in [-0.2, 0) is 4.79 Å². The van der Waals surface area contributed by atoms with E-state index in [1.54, 1.807) is 18.5 Å². The molecule has 0 aliphatic heterocycles. The molecule has 1 aliphatic rings. The van der Waals surface area contributed by atoms with E-state index in [-0.39, 0.29) is 11.8 Å². The van der Waals surface area contributed by atoms with Gasteiger partial charge in [0.15, 0.2) is 0 Å². The van der Waals surface area contributed by atoms with Gasteiger partial charge >= 0.3 is 0 Å². The average Bonchev–Trinajstić information content (AvgIpc) is 2.63. The third kappa shape index (κ3) is 2.58. The van der Waals surface area contributed by atoms with Crippen LogP contribution in [-0.4, -0.2) is 15.8 Å². The second kappa shape index (κ2) is 4.47. The fourth-order valence-corrected chi connectivity index (χ4v) is 1.89. The Morgan fingerprint density at radius 1 is 1.67 bits per heavy atom. The largest absolute Gasteiger partial charge is 0.273 e. The topological polar surface area (TPSA) is 46.9 Å². The number of carbonyl (C=O) groups is 1. The van der Waals surface area contributed by atoms with E-state index >= 15 is 0 Å². The van der Waals surface area contributed by atoms with Crippen LogP contribution < -0.4 is 5.43 Å². The number of aromatic nitrogens is 2. The van der Waals surface area contributed by atoms with Crippen LogP contribution in [0.5, 0.6) is 0 Å². The van der Waals surface area contributed by atoms with Crippen molar-refractivity contribution in [3.8, 4) is 0 Å². The lowest BCUT2D eigenvalue weighted by Gasteiger charge is -2.27. The summed E-state index contributed by atoms with van der Waals surface area (Å²) in [6.07, 6.45) is 8.30. The van der Waals surface area contributed by atoms with E-state index in [4.69, 9.17) is 0 Å².